The average molecular weight is 366 g/mol. The number of hydrogen-bond acceptors (Lipinski definition) is 6. The Balaban J connectivity index is 1.93. The van der Waals surface area contributed by atoms with E-state index in [0.29, 0.717) is 17.8 Å². The topological polar surface area (TPSA) is 109 Å². The predicted molar refractivity (Wildman–Crippen MR) is 103 cm³/mol. The molecule has 2 rings (SSSR count). The van der Waals surface area contributed by atoms with Crippen LogP contribution in [-0.4, -0.2) is 34.2 Å². The Morgan fingerprint density at radius 1 is 0.963 bits per heavy atom. The zero-order valence-corrected chi connectivity index (χ0v) is 15.1. The monoisotopic (exact) mass is 366 g/mol. The molecule has 27 heavy (non-hydrogen) atoms. The van der Waals surface area contributed by atoms with Crippen molar-refractivity contribution < 1.29 is 9.59 Å². The summed E-state index contributed by atoms with van der Waals surface area (Å²) in [5, 5.41) is 7.73. The van der Waals surface area contributed by atoms with Gasteiger partial charge in [-0.05, 0) is 30.7 Å². The zero-order valence-electron chi connectivity index (χ0n) is 15.1. The molecule has 140 valence electrons. The lowest BCUT2D eigenvalue weighted by Gasteiger charge is -2.12. The molecule has 8 nitrogen and oxygen atoms in total. The van der Waals surface area contributed by atoms with Crippen LogP contribution in [0.25, 0.3) is 0 Å². The van der Waals surface area contributed by atoms with Gasteiger partial charge in [-0.25, -0.2) is 10.9 Å². The maximum absolute atomic E-state index is 12.3. The third kappa shape index (κ3) is 7.15. The minimum atomic E-state index is -0.883. The van der Waals surface area contributed by atoms with Crippen LogP contribution in [0.1, 0.15) is 37.6 Å². The number of hydrogen-bond donors (Lipinski definition) is 2. The molecule has 0 spiro atoms. The minimum absolute atomic E-state index is 0.409. The summed E-state index contributed by atoms with van der Waals surface area (Å²) in [5.41, 5.74) is 6.00. The molecule has 0 aromatic carbocycles. The molecule has 2 heterocycles. The van der Waals surface area contributed by atoms with Crippen LogP contribution in [0.5, 0.6) is 0 Å². The summed E-state index contributed by atoms with van der Waals surface area (Å²) in [5.74, 6) is -1.85. The van der Waals surface area contributed by atoms with E-state index in [9.17, 15) is 9.59 Å². The fourth-order valence-corrected chi connectivity index (χ4v) is 2.17. The third-order valence-electron chi connectivity index (χ3n) is 3.60. The standard InChI is InChI=1S/C19H22N6O2/c1-2-3-10-17(18(26)24-22-13-15-8-4-6-11-20-15)19(27)25-23-14-16-9-5-7-12-21-16/h4-9,11-14,17H,2-3,10H2,1H3,(H,24,26)(H,25,27)/b22-13-,23-14-. The van der Waals surface area contributed by atoms with E-state index in [2.05, 4.69) is 31.0 Å². The van der Waals surface area contributed by atoms with Gasteiger partial charge in [0.1, 0.15) is 5.92 Å². The van der Waals surface area contributed by atoms with E-state index in [1.165, 1.54) is 12.4 Å². The summed E-state index contributed by atoms with van der Waals surface area (Å²) in [6, 6.07) is 10.7. The number of aromatic nitrogens is 2. The maximum Gasteiger partial charge on any atom is 0.252 e. The fraction of sp³-hybridized carbons (Fsp3) is 0.263. The van der Waals surface area contributed by atoms with E-state index >= 15 is 0 Å². The highest BCUT2D eigenvalue weighted by atomic mass is 16.2. The number of nitrogens with one attached hydrogen (secondary N) is 2. The number of rotatable bonds is 9. The van der Waals surface area contributed by atoms with Crippen LogP contribution < -0.4 is 10.9 Å². The second kappa shape index (κ2) is 11.2. The van der Waals surface area contributed by atoms with E-state index in [0.717, 1.165) is 12.8 Å². The predicted octanol–water partition coefficient (Wildman–Crippen LogP) is 1.88. The van der Waals surface area contributed by atoms with E-state index in [1.807, 2.05) is 19.1 Å². The van der Waals surface area contributed by atoms with Gasteiger partial charge in [0.05, 0.1) is 23.8 Å². The number of nitrogens with zero attached hydrogens (tertiary/aromatic N) is 4. The molecule has 0 saturated heterocycles. The number of unbranched alkanes of at least 4 members (excludes halogenated alkanes) is 1. The molecule has 0 unspecified atom stereocenters. The molecule has 0 aliphatic carbocycles. The quantitative estimate of drug-likeness (QED) is 0.401. The van der Waals surface area contributed by atoms with Crippen molar-refractivity contribution >= 4 is 24.2 Å². The number of carbonyl (C=O) groups excluding carboxylic acids is 2. The van der Waals surface area contributed by atoms with Crippen molar-refractivity contribution in [1.29, 1.82) is 0 Å². The lowest BCUT2D eigenvalue weighted by molar-refractivity contribution is -0.135. The molecule has 0 saturated carbocycles. The van der Waals surface area contributed by atoms with Crippen LogP contribution in [-0.2, 0) is 9.59 Å². The summed E-state index contributed by atoms with van der Waals surface area (Å²) < 4.78 is 0. The first-order valence-electron chi connectivity index (χ1n) is 8.68. The SMILES string of the molecule is CCCCC(C(=O)N/N=C\c1ccccn1)C(=O)N/N=C\c1ccccn1. The molecule has 0 radical (unpaired) electrons. The smallest absolute Gasteiger partial charge is 0.252 e. The number of hydrazone groups is 2. The lowest BCUT2D eigenvalue weighted by atomic mass is 10.0. The van der Waals surface area contributed by atoms with Crippen molar-refractivity contribution in [3.8, 4) is 0 Å². The van der Waals surface area contributed by atoms with Gasteiger partial charge >= 0.3 is 0 Å². The lowest BCUT2D eigenvalue weighted by Crippen LogP contribution is -2.38. The first kappa shape index (κ1) is 19.9. The Morgan fingerprint density at radius 2 is 1.48 bits per heavy atom. The fourth-order valence-electron chi connectivity index (χ4n) is 2.17. The van der Waals surface area contributed by atoms with Crippen LogP contribution in [0.4, 0.5) is 0 Å². The van der Waals surface area contributed by atoms with Crippen molar-refractivity contribution in [3.05, 3.63) is 60.2 Å². The number of amides is 2. The molecule has 2 aromatic heterocycles. The maximum atomic E-state index is 12.3. The largest absolute Gasteiger partial charge is 0.272 e. The van der Waals surface area contributed by atoms with Gasteiger partial charge < -0.3 is 0 Å². The van der Waals surface area contributed by atoms with Gasteiger partial charge in [-0.15, -0.1) is 0 Å². The van der Waals surface area contributed by atoms with Gasteiger partial charge in [0.2, 0.25) is 0 Å². The first-order valence-corrected chi connectivity index (χ1v) is 8.68. The summed E-state index contributed by atoms with van der Waals surface area (Å²) in [6.45, 7) is 1.99. The van der Waals surface area contributed by atoms with Crippen LogP contribution >= 0.6 is 0 Å². The molecular formula is C19H22N6O2. The number of pyridine rings is 2. The Kier molecular flexibility index (Phi) is 8.29. The summed E-state index contributed by atoms with van der Waals surface area (Å²) in [4.78, 5) is 32.8. The third-order valence-corrected chi connectivity index (χ3v) is 3.60. The van der Waals surface area contributed by atoms with Crippen LogP contribution in [0.3, 0.4) is 0 Å². The zero-order chi connectivity index (χ0) is 19.3. The van der Waals surface area contributed by atoms with Crippen molar-refractivity contribution in [1.82, 2.24) is 20.8 Å². The second-order valence-electron chi connectivity index (χ2n) is 5.67. The van der Waals surface area contributed by atoms with Crippen molar-refractivity contribution in [2.75, 3.05) is 0 Å². The van der Waals surface area contributed by atoms with Gasteiger partial charge in [-0.3, -0.25) is 19.6 Å². The molecule has 2 aromatic rings. The second-order valence-corrected chi connectivity index (χ2v) is 5.67. The summed E-state index contributed by atoms with van der Waals surface area (Å²) in [7, 11) is 0. The summed E-state index contributed by atoms with van der Waals surface area (Å²) in [6.07, 6.45) is 8.11. The van der Waals surface area contributed by atoms with Gasteiger partial charge in [0.25, 0.3) is 11.8 Å². The Labute approximate surface area is 157 Å². The molecule has 0 atom stereocenters. The average Bonchev–Trinajstić information content (AvgIpc) is 2.70. The highest BCUT2D eigenvalue weighted by Crippen LogP contribution is 2.09. The summed E-state index contributed by atoms with van der Waals surface area (Å²) >= 11 is 0. The molecule has 2 amide bonds. The van der Waals surface area contributed by atoms with Crippen molar-refractivity contribution in [2.24, 2.45) is 16.1 Å². The number of carbonyl (C=O) groups is 2. The van der Waals surface area contributed by atoms with Crippen LogP contribution in [0.2, 0.25) is 0 Å². The highest BCUT2D eigenvalue weighted by Gasteiger charge is 2.25. The Bertz CT molecular complexity index is 714. The van der Waals surface area contributed by atoms with Crippen molar-refractivity contribution in [3.63, 3.8) is 0 Å². The normalized spacial score (nSPS) is 11.2. The van der Waals surface area contributed by atoms with Gasteiger partial charge in [0, 0.05) is 12.4 Å². The molecule has 0 aliphatic rings. The molecule has 0 bridgehead atoms. The molecule has 0 fully saturated rings. The Morgan fingerprint density at radius 3 is 1.89 bits per heavy atom. The first-order chi connectivity index (χ1) is 13.2. The minimum Gasteiger partial charge on any atom is -0.272 e. The highest BCUT2D eigenvalue weighted by molar-refractivity contribution is 6.00. The molecule has 0 aliphatic heterocycles. The van der Waals surface area contributed by atoms with Crippen LogP contribution in [0, 0.1) is 5.92 Å². The molecule has 8 heteroatoms. The van der Waals surface area contributed by atoms with Crippen molar-refractivity contribution in [2.45, 2.75) is 26.2 Å². The van der Waals surface area contributed by atoms with Gasteiger partial charge in [-0.1, -0.05) is 31.9 Å². The Hall–Kier alpha value is -3.42. The van der Waals surface area contributed by atoms with Gasteiger partial charge in [0.15, 0.2) is 0 Å². The molecule has 2 N–H and O–H groups in total. The van der Waals surface area contributed by atoms with E-state index in [-0.39, 0.29) is 0 Å². The van der Waals surface area contributed by atoms with Crippen LogP contribution in [0.15, 0.2) is 59.0 Å². The van der Waals surface area contributed by atoms with Gasteiger partial charge in [-0.2, -0.15) is 10.2 Å². The van der Waals surface area contributed by atoms with E-state index < -0.39 is 17.7 Å². The van der Waals surface area contributed by atoms with E-state index in [4.69, 9.17) is 0 Å². The molecular weight excluding hydrogens is 344 g/mol. The van der Waals surface area contributed by atoms with E-state index in [1.54, 1.807) is 36.7 Å².